The van der Waals surface area contributed by atoms with Crippen LogP contribution in [0.3, 0.4) is 0 Å². The molecule has 0 saturated carbocycles. The maximum absolute atomic E-state index is 12.2. The van der Waals surface area contributed by atoms with Crippen molar-refractivity contribution in [2.45, 2.75) is 44.6 Å². The average molecular weight is 366 g/mol. The number of carbonyl (C=O) groups is 3. The third kappa shape index (κ3) is 8.58. The first-order valence-electron chi connectivity index (χ1n) is 8.39. The number of carbonyl (C=O) groups excluding carboxylic acids is 3. The van der Waals surface area contributed by atoms with Gasteiger partial charge in [0.2, 0.25) is 5.91 Å². The van der Waals surface area contributed by atoms with Crippen LogP contribution in [0.25, 0.3) is 0 Å². The fourth-order valence-corrected chi connectivity index (χ4v) is 2.78. The highest BCUT2D eigenvalue weighted by molar-refractivity contribution is 8.00. The van der Waals surface area contributed by atoms with E-state index in [-0.39, 0.29) is 30.2 Å². The first kappa shape index (κ1) is 21.0. The minimum absolute atomic E-state index is 0.0690. The van der Waals surface area contributed by atoms with Crippen LogP contribution in [-0.2, 0) is 14.3 Å². The molecule has 0 atom stereocenters. The summed E-state index contributed by atoms with van der Waals surface area (Å²) in [6.07, 6.45) is 1.87. The molecule has 2 amide bonds. The van der Waals surface area contributed by atoms with Gasteiger partial charge in [0.1, 0.15) is 0 Å². The molecule has 0 unspecified atom stereocenters. The molecule has 0 aliphatic carbocycles. The quantitative estimate of drug-likeness (QED) is 0.377. The van der Waals surface area contributed by atoms with Crippen LogP contribution in [-0.4, -0.2) is 42.7 Å². The largest absolute Gasteiger partial charge is 0.452 e. The summed E-state index contributed by atoms with van der Waals surface area (Å²) in [5.74, 6) is -0.778. The van der Waals surface area contributed by atoms with E-state index in [1.54, 1.807) is 24.3 Å². The molecule has 1 aromatic carbocycles. The summed E-state index contributed by atoms with van der Waals surface area (Å²) in [5.41, 5.74) is 0.353. The van der Waals surface area contributed by atoms with Gasteiger partial charge < -0.3 is 15.4 Å². The van der Waals surface area contributed by atoms with E-state index in [9.17, 15) is 14.4 Å². The second kappa shape index (κ2) is 11.5. The highest BCUT2D eigenvalue weighted by Crippen LogP contribution is 2.23. The van der Waals surface area contributed by atoms with Gasteiger partial charge in [0.25, 0.3) is 5.91 Å². The number of hydrogen-bond acceptors (Lipinski definition) is 5. The van der Waals surface area contributed by atoms with Gasteiger partial charge in [-0.05, 0) is 32.4 Å². The van der Waals surface area contributed by atoms with Gasteiger partial charge in [-0.2, -0.15) is 0 Å². The van der Waals surface area contributed by atoms with Crippen molar-refractivity contribution in [3.8, 4) is 0 Å². The Hall–Kier alpha value is -2.02. The molecule has 0 aromatic heterocycles. The Morgan fingerprint density at radius 3 is 2.56 bits per heavy atom. The van der Waals surface area contributed by atoms with Crippen molar-refractivity contribution in [3.05, 3.63) is 29.8 Å². The number of esters is 1. The van der Waals surface area contributed by atoms with E-state index < -0.39 is 5.97 Å². The lowest BCUT2D eigenvalue weighted by molar-refractivity contribution is -0.124. The summed E-state index contributed by atoms with van der Waals surface area (Å²) in [4.78, 5) is 36.2. The minimum Gasteiger partial charge on any atom is -0.452 e. The molecule has 0 fully saturated rings. The Labute approximate surface area is 153 Å². The summed E-state index contributed by atoms with van der Waals surface area (Å²) in [5, 5.41) is 5.49. The Morgan fingerprint density at radius 2 is 1.88 bits per heavy atom. The van der Waals surface area contributed by atoms with Crippen LogP contribution in [0.1, 0.15) is 44.0 Å². The predicted octanol–water partition coefficient (Wildman–Crippen LogP) is 2.38. The molecule has 0 heterocycles. The van der Waals surface area contributed by atoms with Gasteiger partial charge >= 0.3 is 5.97 Å². The molecule has 0 radical (unpaired) electrons. The molecular weight excluding hydrogens is 340 g/mol. The van der Waals surface area contributed by atoms with Crippen molar-refractivity contribution in [2.75, 3.05) is 18.9 Å². The van der Waals surface area contributed by atoms with Gasteiger partial charge in [-0.15, -0.1) is 11.8 Å². The van der Waals surface area contributed by atoms with E-state index in [1.807, 2.05) is 20.8 Å². The van der Waals surface area contributed by atoms with Crippen LogP contribution in [0.15, 0.2) is 29.2 Å². The highest BCUT2D eigenvalue weighted by atomic mass is 32.2. The van der Waals surface area contributed by atoms with E-state index in [4.69, 9.17) is 4.74 Å². The van der Waals surface area contributed by atoms with E-state index in [0.29, 0.717) is 17.0 Å². The van der Waals surface area contributed by atoms with E-state index in [0.717, 1.165) is 12.8 Å². The Bertz CT molecular complexity index is 590. The SMILES string of the molecule is CCCCNC(=O)COC(=O)c1ccccc1SCC(=O)NC(C)C. The van der Waals surface area contributed by atoms with Crippen LogP contribution in [0.4, 0.5) is 0 Å². The summed E-state index contributed by atoms with van der Waals surface area (Å²) in [7, 11) is 0. The van der Waals surface area contributed by atoms with Crippen LogP contribution in [0.5, 0.6) is 0 Å². The molecule has 0 bridgehead atoms. The summed E-state index contributed by atoms with van der Waals surface area (Å²) < 4.78 is 5.07. The van der Waals surface area contributed by atoms with E-state index >= 15 is 0 Å². The standard InChI is InChI=1S/C18H26N2O4S/c1-4-5-10-19-16(21)11-24-18(23)14-8-6-7-9-15(14)25-12-17(22)20-13(2)3/h6-9,13H,4-5,10-12H2,1-3H3,(H,19,21)(H,20,22). The molecule has 6 nitrogen and oxygen atoms in total. The van der Waals surface area contributed by atoms with Gasteiger partial charge in [0.05, 0.1) is 11.3 Å². The zero-order valence-corrected chi connectivity index (χ0v) is 15.8. The lowest BCUT2D eigenvalue weighted by atomic mass is 10.2. The number of benzene rings is 1. The third-order valence-corrected chi connectivity index (χ3v) is 4.18. The second-order valence-electron chi connectivity index (χ2n) is 5.79. The van der Waals surface area contributed by atoms with E-state index in [2.05, 4.69) is 10.6 Å². The molecule has 138 valence electrons. The second-order valence-corrected chi connectivity index (χ2v) is 6.80. The maximum atomic E-state index is 12.2. The summed E-state index contributed by atoms with van der Waals surface area (Å²) in [6, 6.07) is 6.96. The van der Waals surface area contributed by atoms with Gasteiger partial charge in [0.15, 0.2) is 6.61 Å². The topological polar surface area (TPSA) is 84.5 Å². The third-order valence-electron chi connectivity index (χ3n) is 3.10. The van der Waals surface area contributed by atoms with Gasteiger partial charge in [-0.3, -0.25) is 9.59 Å². The number of rotatable bonds is 10. The van der Waals surface area contributed by atoms with E-state index in [1.165, 1.54) is 11.8 Å². The molecular formula is C18H26N2O4S. The fraction of sp³-hybridized carbons (Fsp3) is 0.500. The smallest absolute Gasteiger partial charge is 0.339 e. The number of thioether (sulfide) groups is 1. The highest BCUT2D eigenvalue weighted by Gasteiger charge is 2.15. The molecule has 1 rings (SSSR count). The normalized spacial score (nSPS) is 10.4. The molecule has 0 spiro atoms. The van der Waals surface area contributed by atoms with Crippen molar-refractivity contribution in [1.82, 2.24) is 10.6 Å². The van der Waals surface area contributed by atoms with Crippen LogP contribution in [0.2, 0.25) is 0 Å². The van der Waals surface area contributed by atoms with Crippen molar-refractivity contribution >= 4 is 29.5 Å². The minimum atomic E-state index is -0.571. The first-order valence-corrected chi connectivity index (χ1v) is 9.37. The number of unbranched alkanes of at least 4 members (excludes halogenated alkanes) is 1. The van der Waals surface area contributed by atoms with Crippen LogP contribution < -0.4 is 10.6 Å². The summed E-state index contributed by atoms with van der Waals surface area (Å²) in [6.45, 7) is 6.07. The number of amides is 2. The van der Waals surface area contributed by atoms with Gasteiger partial charge in [0, 0.05) is 17.5 Å². The van der Waals surface area contributed by atoms with Crippen molar-refractivity contribution in [3.63, 3.8) is 0 Å². The van der Waals surface area contributed by atoms with Crippen LogP contribution in [0, 0.1) is 0 Å². The zero-order chi connectivity index (χ0) is 18.7. The van der Waals surface area contributed by atoms with Crippen molar-refractivity contribution in [1.29, 1.82) is 0 Å². The van der Waals surface area contributed by atoms with Crippen molar-refractivity contribution in [2.24, 2.45) is 0 Å². The number of hydrogen-bond donors (Lipinski definition) is 2. The van der Waals surface area contributed by atoms with Crippen LogP contribution >= 0.6 is 11.8 Å². The lowest BCUT2D eigenvalue weighted by Crippen LogP contribution is -2.31. The molecule has 25 heavy (non-hydrogen) atoms. The molecule has 1 aromatic rings. The monoisotopic (exact) mass is 366 g/mol. The Morgan fingerprint density at radius 1 is 1.16 bits per heavy atom. The number of ether oxygens (including phenoxy) is 1. The molecule has 7 heteroatoms. The van der Waals surface area contributed by atoms with Crippen molar-refractivity contribution < 1.29 is 19.1 Å². The number of nitrogens with one attached hydrogen (secondary N) is 2. The lowest BCUT2D eigenvalue weighted by Gasteiger charge is -2.11. The molecule has 0 aliphatic heterocycles. The zero-order valence-electron chi connectivity index (χ0n) is 15.0. The average Bonchev–Trinajstić information content (AvgIpc) is 2.57. The predicted molar refractivity (Wildman–Crippen MR) is 98.6 cm³/mol. The van der Waals surface area contributed by atoms with Gasteiger partial charge in [-0.1, -0.05) is 25.5 Å². The Balaban J connectivity index is 2.55. The molecule has 0 aliphatic rings. The fourth-order valence-electron chi connectivity index (χ4n) is 1.93. The maximum Gasteiger partial charge on any atom is 0.339 e. The Kier molecular flexibility index (Phi) is 9.69. The first-order chi connectivity index (χ1) is 11.9. The molecule has 2 N–H and O–H groups in total. The molecule has 0 saturated heterocycles. The van der Waals surface area contributed by atoms with Gasteiger partial charge in [-0.25, -0.2) is 4.79 Å². The summed E-state index contributed by atoms with van der Waals surface area (Å²) >= 11 is 1.26.